The first kappa shape index (κ1) is 15.2. The van der Waals surface area contributed by atoms with E-state index in [9.17, 15) is 0 Å². The summed E-state index contributed by atoms with van der Waals surface area (Å²) in [6.07, 6.45) is 10.9. The Morgan fingerprint density at radius 3 is 2.73 bits per heavy atom. The van der Waals surface area contributed by atoms with Crippen LogP contribution >= 0.6 is 0 Å². The molecule has 1 aliphatic heterocycles. The molecule has 118 valence electrons. The first-order chi connectivity index (χ1) is 10.6. The van der Waals surface area contributed by atoms with Crippen molar-refractivity contribution in [2.75, 3.05) is 13.1 Å². The summed E-state index contributed by atoms with van der Waals surface area (Å²) >= 11 is 0. The van der Waals surface area contributed by atoms with Crippen molar-refractivity contribution >= 4 is 0 Å². The van der Waals surface area contributed by atoms with Gasteiger partial charge in [-0.05, 0) is 45.6 Å². The predicted molar refractivity (Wildman–Crippen MR) is 87.4 cm³/mol. The van der Waals surface area contributed by atoms with Crippen LogP contribution in [0, 0.1) is 5.92 Å². The average Bonchev–Trinajstić information content (AvgIpc) is 2.94. The minimum Gasteiger partial charge on any atom is -0.333 e. The molecule has 0 radical (unpaired) electrons. The van der Waals surface area contributed by atoms with E-state index in [1.807, 2.05) is 24.0 Å². The molecule has 1 atom stereocenters. The summed E-state index contributed by atoms with van der Waals surface area (Å²) in [7, 11) is 2.00. The molecule has 5 heteroatoms. The third kappa shape index (κ3) is 3.19. The highest BCUT2D eigenvalue weighted by atomic mass is 15.2. The average molecular weight is 299 g/mol. The number of aryl methyl sites for hydroxylation is 1. The van der Waals surface area contributed by atoms with Crippen LogP contribution in [0.15, 0.2) is 24.8 Å². The smallest absolute Gasteiger partial charge is 0.160 e. The summed E-state index contributed by atoms with van der Waals surface area (Å²) in [6, 6.07) is 0.624. The number of imidazole rings is 1. The number of hydrogen-bond acceptors (Lipinski definition) is 4. The van der Waals surface area contributed by atoms with Gasteiger partial charge in [0.15, 0.2) is 5.82 Å². The molecule has 2 aromatic rings. The van der Waals surface area contributed by atoms with Gasteiger partial charge in [0.2, 0.25) is 0 Å². The minimum atomic E-state index is 0.624. The second kappa shape index (κ2) is 6.57. The van der Waals surface area contributed by atoms with Crippen LogP contribution < -0.4 is 0 Å². The fraction of sp³-hybridized carbons (Fsp3) is 0.588. The summed E-state index contributed by atoms with van der Waals surface area (Å²) in [5.74, 6) is 1.56. The van der Waals surface area contributed by atoms with Crippen molar-refractivity contribution in [1.82, 2.24) is 24.4 Å². The van der Waals surface area contributed by atoms with Crippen LogP contribution in [0.5, 0.6) is 0 Å². The normalized spacial score (nSPS) is 19.7. The second-order valence-corrected chi connectivity index (χ2v) is 6.51. The maximum Gasteiger partial charge on any atom is 0.160 e. The fourth-order valence-corrected chi connectivity index (χ4v) is 3.30. The molecule has 1 aliphatic rings. The Hall–Kier alpha value is -1.75. The van der Waals surface area contributed by atoms with E-state index in [1.165, 1.54) is 19.4 Å². The van der Waals surface area contributed by atoms with Gasteiger partial charge in [-0.3, -0.25) is 4.98 Å². The number of piperidine rings is 1. The molecule has 0 N–H and O–H groups in total. The number of nitrogens with zero attached hydrogens (tertiary/aromatic N) is 5. The quantitative estimate of drug-likeness (QED) is 0.870. The van der Waals surface area contributed by atoms with Crippen molar-refractivity contribution in [2.45, 2.75) is 39.2 Å². The van der Waals surface area contributed by atoms with Gasteiger partial charge in [-0.25, -0.2) is 9.97 Å². The molecule has 2 aromatic heterocycles. The van der Waals surface area contributed by atoms with E-state index in [0.717, 1.165) is 30.2 Å². The Labute approximate surface area is 132 Å². The molecule has 0 amide bonds. The third-order valence-electron chi connectivity index (χ3n) is 4.57. The van der Waals surface area contributed by atoms with Crippen LogP contribution in [0.1, 0.15) is 32.4 Å². The lowest BCUT2D eigenvalue weighted by Gasteiger charge is -2.35. The van der Waals surface area contributed by atoms with Gasteiger partial charge in [-0.2, -0.15) is 0 Å². The van der Waals surface area contributed by atoms with Crippen LogP contribution in [-0.2, 0) is 13.5 Å². The summed E-state index contributed by atoms with van der Waals surface area (Å²) in [5, 5.41) is 0. The molecule has 3 heterocycles. The molecule has 0 bridgehead atoms. The number of rotatable bonds is 4. The van der Waals surface area contributed by atoms with Crippen molar-refractivity contribution in [3.8, 4) is 11.5 Å². The van der Waals surface area contributed by atoms with Crippen LogP contribution in [0.2, 0.25) is 0 Å². The topological polar surface area (TPSA) is 46.8 Å². The van der Waals surface area contributed by atoms with Crippen LogP contribution in [0.3, 0.4) is 0 Å². The third-order valence-corrected chi connectivity index (χ3v) is 4.57. The molecule has 22 heavy (non-hydrogen) atoms. The van der Waals surface area contributed by atoms with Gasteiger partial charge in [0.25, 0.3) is 0 Å². The zero-order chi connectivity index (χ0) is 15.5. The van der Waals surface area contributed by atoms with E-state index in [2.05, 4.69) is 33.7 Å². The molecule has 1 fully saturated rings. The van der Waals surface area contributed by atoms with Gasteiger partial charge in [0.05, 0.1) is 5.69 Å². The Balaban J connectivity index is 1.80. The highest BCUT2D eigenvalue weighted by Gasteiger charge is 2.24. The SMILES string of the molecule is CC(C)N1CCC[C@H](Cc2nccnc2-c2nccn2C)C1. The Morgan fingerprint density at radius 1 is 1.18 bits per heavy atom. The van der Waals surface area contributed by atoms with Crippen LogP contribution in [0.25, 0.3) is 11.5 Å². The fourth-order valence-electron chi connectivity index (χ4n) is 3.30. The molecule has 5 nitrogen and oxygen atoms in total. The van der Waals surface area contributed by atoms with E-state index in [1.54, 1.807) is 12.4 Å². The molecule has 0 saturated carbocycles. The van der Waals surface area contributed by atoms with Gasteiger partial charge in [0.1, 0.15) is 5.69 Å². The lowest BCUT2D eigenvalue weighted by Crippen LogP contribution is -2.40. The molecule has 1 saturated heterocycles. The van der Waals surface area contributed by atoms with Crippen molar-refractivity contribution < 1.29 is 0 Å². The molecule has 0 spiro atoms. The van der Waals surface area contributed by atoms with Crippen LogP contribution in [0.4, 0.5) is 0 Å². The molecule has 3 rings (SSSR count). The Kier molecular flexibility index (Phi) is 4.52. The molecule has 0 unspecified atom stereocenters. The minimum absolute atomic E-state index is 0.624. The summed E-state index contributed by atoms with van der Waals surface area (Å²) in [6.45, 7) is 6.95. The number of aromatic nitrogens is 4. The summed E-state index contributed by atoms with van der Waals surface area (Å²) in [5.41, 5.74) is 2.00. The zero-order valence-electron chi connectivity index (χ0n) is 13.7. The zero-order valence-corrected chi connectivity index (χ0v) is 13.7. The lowest BCUT2D eigenvalue weighted by molar-refractivity contribution is 0.139. The van der Waals surface area contributed by atoms with E-state index < -0.39 is 0 Å². The standard InChI is InChI=1S/C17H25N5/c1-13(2)22-9-4-5-14(12-22)11-15-16(19-7-6-18-15)17-20-8-10-21(17)3/h6-8,10,13-14H,4-5,9,11-12H2,1-3H3/t14-/m1/s1. The predicted octanol–water partition coefficient (Wildman–Crippen LogP) is 2.54. The molecular weight excluding hydrogens is 274 g/mol. The van der Waals surface area contributed by atoms with E-state index in [4.69, 9.17) is 0 Å². The van der Waals surface area contributed by atoms with Gasteiger partial charge in [-0.15, -0.1) is 0 Å². The molecular formula is C17H25N5. The number of likely N-dealkylation sites (tertiary alicyclic amines) is 1. The summed E-state index contributed by atoms with van der Waals surface area (Å²) < 4.78 is 2.01. The van der Waals surface area contributed by atoms with E-state index in [0.29, 0.717) is 12.0 Å². The molecule has 0 aliphatic carbocycles. The first-order valence-corrected chi connectivity index (χ1v) is 8.16. The Bertz CT molecular complexity index is 619. The number of hydrogen-bond donors (Lipinski definition) is 0. The van der Waals surface area contributed by atoms with Crippen molar-refractivity contribution in [3.63, 3.8) is 0 Å². The first-order valence-electron chi connectivity index (χ1n) is 8.16. The van der Waals surface area contributed by atoms with E-state index in [-0.39, 0.29) is 0 Å². The van der Waals surface area contributed by atoms with Crippen molar-refractivity contribution in [1.29, 1.82) is 0 Å². The highest BCUT2D eigenvalue weighted by molar-refractivity contribution is 5.52. The van der Waals surface area contributed by atoms with Gasteiger partial charge < -0.3 is 9.47 Å². The second-order valence-electron chi connectivity index (χ2n) is 6.51. The van der Waals surface area contributed by atoms with Crippen LogP contribution in [-0.4, -0.2) is 43.6 Å². The van der Waals surface area contributed by atoms with Gasteiger partial charge in [0, 0.05) is 44.4 Å². The maximum absolute atomic E-state index is 4.61. The van der Waals surface area contributed by atoms with Crippen molar-refractivity contribution in [2.24, 2.45) is 13.0 Å². The lowest BCUT2D eigenvalue weighted by atomic mass is 9.92. The summed E-state index contributed by atoms with van der Waals surface area (Å²) in [4.78, 5) is 16.2. The Morgan fingerprint density at radius 2 is 2.00 bits per heavy atom. The largest absolute Gasteiger partial charge is 0.333 e. The monoisotopic (exact) mass is 299 g/mol. The van der Waals surface area contributed by atoms with Gasteiger partial charge >= 0.3 is 0 Å². The molecule has 0 aromatic carbocycles. The van der Waals surface area contributed by atoms with E-state index >= 15 is 0 Å². The van der Waals surface area contributed by atoms with Crippen molar-refractivity contribution in [3.05, 3.63) is 30.5 Å². The maximum atomic E-state index is 4.61. The highest BCUT2D eigenvalue weighted by Crippen LogP contribution is 2.25. The van der Waals surface area contributed by atoms with Gasteiger partial charge in [-0.1, -0.05) is 0 Å².